The van der Waals surface area contributed by atoms with E-state index in [4.69, 9.17) is 23.2 Å². The normalized spacial score (nSPS) is 11.2. The van der Waals surface area contributed by atoms with Crippen LogP contribution in [0, 0.1) is 6.92 Å². The molecule has 3 heterocycles. The van der Waals surface area contributed by atoms with Gasteiger partial charge in [-0.2, -0.15) is 0 Å². The first kappa shape index (κ1) is 11.1. The van der Waals surface area contributed by atoms with Gasteiger partial charge in [0.15, 0.2) is 0 Å². The summed E-state index contributed by atoms with van der Waals surface area (Å²) in [5.41, 5.74) is 3.83. The Morgan fingerprint density at radius 2 is 2.18 bits per heavy atom. The van der Waals surface area contributed by atoms with Crippen molar-refractivity contribution < 1.29 is 0 Å². The van der Waals surface area contributed by atoms with Crippen molar-refractivity contribution in [2.75, 3.05) is 0 Å². The minimum atomic E-state index is 0.677. The van der Waals surface area contributed by atoms with Crippen LogP contribution < -0.4 is 0 Å². The second-order valence-corrected chi connectivity index (χ2v) is 6.07. The Bertz CT molecular complexity index is 700. The van der Waals surface area contributed by atoms with Crippen LogP contribution in [0.15, 0.2) is 30.6 Å². The molecule has 0 atom stereocenters. The molecule has 5 heteroatoms. The molecule has 0 saturated carbocycles. The number of halogens is 2. The number of aryl methyl sites for hydroxylation is 1. The smallest absolute Gasteiger partial charge is 0.140 e. The van der Waals surface area contributed by atoms with Crippen molar-refractivity contribution in [3.05, 3.63) is 44.8 Å². The van der Waals surface area contributed by atoms with Gasteiger partial charge in [0, 0.05) is 18.0 Å². The van der Waals surface area contributed by atoms with Crippen LogP contribution in [0.1, 0.15) is 5.56 Å². The van der Waals surface area contributed by atoms with Gasteiger partial charge in [-0.05, 0) is 24.6 Å². The number of aromatic nitrogens is 2. The Morgan fingerprint density at radius 1 is 1.35 bits per heavy atom. The summed E-state index contributed by atoms with van der Waals surface area (Å²) in [4.78, 5) is 4.58. The molecule has 3 aromatic heterocycles. The molecule has 0 aliphatic rings. The highest BCUT2D eigenvalue weighted by atomic mass is 35.5. The molecule has 17 heavy (non-hydrogen) atoms. The third-order valence-electron chi connectivity index (χ3n) is 2.61. The van der Waals surface area contributed by atoms with Crippen molar-refractivity contribution in [1.29, 1.82) is 0 Å². The molecule has 0 radical (unpaired) electrons. The summed E-state index contributed by atoms with van der Waals surface area (Å²) >= 11 is 13.4. The maximum atomic E-state index is 6.13. The number of thiophene rings is 1. The van der Waals surface area contributed by atoms with E-state index in [-0.39, 0.29) is 0 Å². The lowest BCUT2D eigenvalue weighted by atomic mass is 10.3. The lowest BCUT2D eigenvalue weighted by Gasteiger charge is -1.93. The Morgan fingerprint density at radius 3 is 2.82 bits per heavy atom. The van der Waals surface area contributed by atoms with Crippen molar-refractivity contribution in [1.82, 2.24) is 9.38 Å². The van der Waals surface area contributed by atoms with Gasteiger partial charge in [0.1, 0.15) is 9.98 Å². The van der Waals surface area contributed by atoms with Crippen LogP contribution in [0.4, 0.5) is 0 Å². The molecule has 0 unspecified atom stereocenters. The van der Waals surface area contributed by atoms with E-state index in [1.165, 1.54) is 11.3 Å². The monoisotopic (exact) mass is 282 g/mol. The first-order valence-electron chi connectivity index (χ1n) is 5.04. The summed E-state index contributed by atoms with van der Waals surface area (Å²) in [6.45, 7) is 2.04. The predicted octanol–water partition coefficient (Wildman–Crippen LogP) is 4.68. The molecule has 0 aromatic carbocycles. The fraction of sp³-hybridized carbons (Fsp3) is 0.0833. The molecule has 0 aliphatic heterocycles. The lowest BCUT2D eigenvalue weighted by molar-refractivity contribution is 1.16. The predicted molar refractivity (Wildman–Crippen MR) is 73.3 cm³/mol. The zero-order valence-electron chi connectivity index (χ0n) is 8.95. The summed E-state index contributed by atoms with van der Waals surface area (Å²) in [6, 6.07) is 5.88. The van der Waals surface area contributed by atoms with E-state index in [9.17, 15) is 0 Å². The second-order valence-electron chi connectivity index (χ2n) is 3.79. The summed E-state index contributed by atoms with van der Waals surface area (Å²) in [5, 5.41) is 0. The first-order chi connectivity index (χ1) is 8.15. The first-order valence-corrected chi connectivity index (χ1v) is 6.62. The van der Waals surface area contributed by atoms with Gasteiger partial charge in [-0.3, -0.25) is 0 Å². The third-order valence-corrected chi connectivity index (χ3v) is 4.10. The summed E-state index contributed by atoms with van der Waals surface area (Å²) in [7, 11) is 0. The highest BCUT2D eigenvalue weighted by Crippen LogP contribution is 2.37. The molecule has 0 spiro atoms. The van der Waals surface area contributed by atoms with Gasteiger partial charge in [-0.15, -0.1) is 11.3 Å². The van der Waals surface area contributed by atoms with Crippen LogP contribution in [-0.2, 0) is 0 Å². The van der Waals surface area contributed by atoms with Gasteiger partial charge in [-0.25, -0.2) is 4.98 Å². The molecule has 0 amide bonds. The molecule has 0 aliphatic carbocycles. The Labute approximate surface area is 112 Å². The summed E-state index contributed by atoms with van der Waals surface area (Å²) in [5.74, 6) is 0. The van der Waals surface area contributed by atoms with Crippen LogP contribution in [0.2, 0.25) is 8.67 Å². The Kier molecular flexibility index (Phi) is 2.62. The maximum absolute atomic E-state index is 6.13. The van der Waals surface area contributed by atoms with Gasteiger partial charge < -0.3 is 4.40 Å². The van der Waals surface area contributed by atoms with Gasteiger partial charge in [-0.1, -0.05) is 29.3 Å². The number of hydrogen-bond acceptors (Lipinski definition) is 2. The number of nitrogens with zero attached hydrogens (tertiary/aromatic N) is 2. The zero-order valence-corrected chi connectivity index (χ0v) is 11.3. The zero-order chi connectivity index (χ0) is 12.0. The molecule has 2 nitrogen and oxygen atoms in total. The highest BCUT2D eigenvalue weighted by Gasteiger charge is 2.12. The average molecular weight is 283 g/mol. The Balaban J connectivity index is 2.25. The van der Waals surface area contributed by atoms with Crippen molar-refractivity contribution in [3.63, 3.8) is 0 Å². The van der Waals surface area contributed by atoms with E-state index in [1.54, 1.807) is 0 Å². The van der Waals surface area contributed by atoms with E-state index in [2.05, 4.69) is 4.98 Å². The fourth-order valence-corrected chi connectivity index (χ4v) is 3.28. The van der Waals surface area contributed by atoms with Gasteiger partial charge in [0.2, 0.25) is 0 Å². The molecule has 3 rings (SSSR count). The number of imidazole rings is 1. The number of pyridine rings is 1. The van der Waals surface area contributed by atoms with Crippen molar-refractivity contribution in [2.24, 2.45) is 0 Å². The Hall–Kier alpha value is -1.03. The molecule has 0 saturated heterocycles. The van der Waals surface area contributed by atoms with Crippen molar-refractivity contribution >= 4 is 40.2 Å². The standard InChI is InChI=1S/C12H8Cl2N2S/c1-7-3-2-4-16-6-9(15-12(7)16)8-5-10(13)17-11(8)14/h2-6H,1H3. The van der Waals surface area contributed by atoms with Gasteiger partial charge in [0.05, 0.1) is 10.0 Å². The largest absolute Gasteiger partial charge is 0.306 e. The summed E-state index contributed by atoms with van der Waals surface area (Å²) < 4.78 is 3.35. The van der Waals surface area contributed by atoms with E-state index in [0.29, 0.717) is 8.67 Å². The van der Waals surface area contributed by atoms with E-state index < -0.39 is 0 Å². The molecular formula is C12H8Cl2N2S. The topological polar surface area (TPSA) is 17.3 Å². The SMILES string of the molecule is Cc1cccn2cc(-c3cc(Cl)sc3Cl)nc12. The number of fused-ring (bicyclic) bond motifs is 1. The molecule has 0 fully saturated rings. The lowest BCUT2D eigenvalue weighted by Crippen LogP contribution is -1.83. The molecule has 0 N–H and O–H groups in total. The second kappa shape index (κ2) is 4.02. The van der Waals surface area contributed by atoms with Gasteiger partial charge >= 0.3 is 0 Å². The van der Waals surface area contributed by atoms with Crippen LogP contribution in [0.25, 0.3) is 16.9 Å². The van der Waals surface area contributed by atoms with Crippen LogP contribution >= 0.6 is 34.5 Å². The minimum Gasteiger partial charge on any atom is -0.306 e. The minimum absolute atomic E-state index is 0.677. The van der Waals surface area contributed by atoms with Gasteiger partial charge in [0.25, 0.3) is 0 Å². The average Bonchev–Trinajstić information content (AvgIpc) is 2.82. The summed E-state index contributed by atoms with van der Waals surface area (Å²) in [6.07, 6.45) is 3.94. The maximum Gasteiger partial charge on any atom is 0.140 e. The third kappa shape index (κ3) is 1.84. The van der Waals surface area contributed by atoms with Crippen LogP contribution in [0.3, 0.4) is 0 Å². The molecule has 86 valence electrons. The highest BCUT2D eigenvalue weighted by molar-refractivity contribution is 7.20. The van der Waals surface area contributed by atoms with E-state index in [0.717, 1.165) is 22.5 Å². The van der Waals surface area contributed by atoms with Crippen LogP contribution in [-0.4, -0.2) is 9.38 Å². The number of hydrogen-bond donors (Lipinski definition) is 0. The fourth-order valence-electron chi connectivity index (χ4n) is 1.80. The van der Waals surface area contributed by atoms with E-state index >= 15 is 0 Å². The van der Waals surface area contributed by atoms with Crippen molar-refractivity contribution in [3.8, 4) is 11.3 Å². The number of rotatable bonds is 1. The molecular weight excluding hydrogens is 275 g/mol. The molecule has 3 aromatic rings. The van der Waals surface area contributed by atoms with Crippen molar-refractivity contribution in [2.45, 2.75) is 6.92 Å². The quantitative estimate of drug-likeness (QED) is 0.634. The van der Waals surface area contributed by atoms with Crippen LogP contribution in [0.5, 0.6) is 0 Å². The van der Waals surface area contributed by atoms with E-state index in [1.807, 2.05) is 41.9 Å². The molecule has 0 bridgehead atoms.